The van der Waals surface area contributed by atoms with Gasteiger partial charge in [0.25, 0.3) is 5.91 Å². The van der Waals surface area contributed by atoms with Crippen LogP contribution in [-0.4, -0.2) is 28.8 Å². The number of amides is 1. The van der Waals surface area contributed by atoms with E-state index in [-0.39, 0.29) is 12.6 Å². The largest absolute Gasteiger partial charge is 0.471 e. The van der Waals surface area contributed by atoms with Gasteiger partial charge in [-0.2, -0.15) is 5.10 Å². The Hall–Kier alpha value is -3.28. The molecule has 0 aliphatic heterocycles. The lowest BCUT2D eigenvalue weighted by molar-refractivity contribution is 0.102. The van der Waals surface area contributed by atoms with Crippen molar-refractivity contribution in [3.63, 3.8) is 0 Å². The van der Waals surface area contributed by atoms with Crippen LogP contribution in [0.1, 0.15) is 35.5 Å². The minimum Gasteiger partial charge on any atom is -0.471 e. The number of ether oxygens (including phenoxy) is 1. The van der Waals surface area contributed by atoms with Gasteiger partial charge in [0.05, 0.1) is 0 Å². The summed E-state index contributed by atoms with van der Waals surface area (Å²) in [6, 6.07) is 15.6. The molecule has 3 aromatic rings. The van der Waals surface area contributed by atoms with Crippen molar-refractivity contribution in [3.05, 3.63) is 71.5 Å². The van der Waals surface area contributed by atoms with E-state index in [2.05, 4.69) is 35.2 Å². The number of nitrogens with one attached hydrogen (secondary N) is 1. The van der Waals surface area contributed by atoms with Crippen LogP contribution in [0.5, 0.6) is 5.75 Å². The molecule has 0 aliphatic rings. The average Bonchev–Trinajstić information content (AvgIpc) is 3.19. The Morgan fingerprint density at radius 1 is 1.07 bits per heavy atom. The zero-order chi connectivity index (χ0) is 20.8. The third kappa shape index (κ3) is 5.16. The summed E-state index contributed by atoms with van der Waals surface area (Å²) in [5, 5.41) is 7.20. The van der Waals surface area contributed by atoms with Crippen molar-refractivity contribution in [2.45, 2.75) is 34.4 Å². The first-order valence-corrected chi connectivity index (χ1v) is 9.90. The maximum atomic E-state index is 12.5. The molecule has 0 saturated carbocycles. The lowest BCUT2D eigenvalue weighted by atomic mass is 10.1. The van der Waals surface area contributed by atoms with Crippen molar-refractivity contribution in [1.82, 2.24) is 9.78 Å². The second kappa shape index (κ2) is 9.28. The van der Waals surface area contributed by atoms with E-state index < -0.39 is 0 Å². The highest BCUT2D eigenvalue weighted by Crippen LogP contribution is 2.20. The molecule has 2 aromatic carbocycles. The number of hydrogen-bond acceptors (Lipinski definition) is 4. The molecule has 0 spiro atoms. The van der Waals surface area contributed by atoms with Gasteiger partial charge in [-0.3, -0.25) is 4.79 Å². The molecule has 0 unspecified atom stereocenters. The van der Waals surface area contributed by atoms with Crippen LogP contribution in [0.15, 0.2) is 54.7 Å². The summed E-state index contributed by atoms with van der Waals surface area (Å²) in [4.78, 5) is 14.7. The third-order valence-corrected chi connectivity index (χ3v) is 4.81. The van der Waals surface area contributed by atoms with Crippen LogP contribution in [0.25, 0.3) is 0 Å². The van der Waals surface area contributed by atoms with Crippen LogP contribution in [0.3, 0.4) is 0 Å². The Morgan fingerprint density at radius 3 is 2.45 bits per heavy atom. The van der Waals surface area contributed by atoms with E-state index in [1.165, 1.54) is 5.56 Å². The third-order valence-electron chi connectivity index (χ3n) is 4.81. The summed E-state index contributed by atoms with van der Waals surface area (Å²) in [7, 11) is 0. The molecule has 6 nitrogen and oxygen atoms in total. The number of benzene rings is 2. The predicted molar refractivity (Wildman–Crippen MR) is 117 cm³/mol. The fourth-order valence-electron chi connectivity index (χ4n) is 3.19. The maximum Gasteiger partial charge on any atom is 0.276 e. The van der Waals surface area contributed by atoms with Crippen molar-refractivity contribution in [3.8, 4) is 5.75 Å². The van der Waals surface area contributed by atoms with Crippen LogP contribution < -0.4 is 15.0 Å². The quantitative estimate of drug-likeness (QED) is 0.607. The van der Waals surface area contributed by atoms with Gasteiger partial charge in [-0.25, -0.2) is 4.68 Å². The molecule has 152 valence electrons. The summed E-state index contributed by atoms with van der Waals surface area (Å²) in [6.07, 6.45) is 1.74. The zero-order valence-corrected chi connectivity index (χ0v) is 17.5. The minimum atomic E-state index is -0.245. The molecule has 1 amide bonds. The van der Waals surface area contributed by atoms with Crippen LogP contribution >= 0.6 is 0 Å². The van der Waals surface area contributed by atoms with Crippen LogP contribution in [0.2, 0.25) is 0 Å². The van der Waals surface area contributed by atoms with Gasteiger partial charge in [-0.1, -0.05) is 17.7 Å². The molecule has 0 aliphatic carbocycles. The summed E-state index contributed by atoms with van der Waals surface area (Å²) in [5.41, 5.74) is 4.50. The fourth-order valence-corrected chi connectivity index (χ4v) is 3.19. The first-order chi connectivity index (χ1) is 14.0. The van der Waals surface area contributed by atoms with E-state index in [1.54, 1.807) is 16.9 Å². The summed E-state index contributed by atoms with van der Waals surface area (Å²) in [6.45, 7) is 10.4. The van der Waals surface area contributed by atoms with E-state index in [0.29, 0.717) is 5.69 Å². The molecule has 29 heavy (non-hydrogen) atoms. The van der Waals surface area contributed by atoms with Crippen LogP contribution in [-0.2, 0) is 6.73 Å². The van der Waals surface area contributed by atoms with Crippen molar-refractivity contribution in [1.29, 1.82) is 0 Å². The molecule has 0 radical (unpaired) electrons. The Labute approximate surface area is 172 Å². The number of carbonyl (C=O) groups excluding carboxylic acids is 1. The van der Waals surface area contributed by atoms with Gasteiger partial charge in [0, 0.05) is 30.7 Å². The average molecular weight is 393 g/mol. The lowest BCUT2D eigenvalue weighted by Crippen LogP contribution is -2.21. The lowest BCUT2D eigenvalue weighted by Gasteiger charge is -2.21. The predicted octanol–water partition coefficient (Wildman–Crippen LogP) is 4.63. The van der Waals surface area contributed by atoms with Gasteiger partial charge in [0.15, 0.2) is 12.4 Å². The summed E-state index contributed by atoms with van der Waals surface area (Å²) >= 11 is 0. The number of anilines is 2. The highest BCUT2D eigenvalue weighted by atomic mass is 16.5. The molecule has 1 N–H and O–H groups in total. The van der Waals surface area contributed by atoms with Gasteiger partial charge >= 0.3 is 0 Å². The van der Waals surface area contributed by atoms with Gasteiger partial charge < -0.3 is 15.0 Å². The molecule has 1 heterocycles. The molecule has 6 heteroatoms. The number of nitrogens with zero attached hydrogens (tertiary/aromatic N) is 3. The van der Waals surface area contributed by atoms with Crippen LogP contribution in [0, 0.1) is 13.8 Å². The van der Waals surface area contributed by atoms with E-state index >= 15 is 0 Å². The van der Waals surface area contributed by atoms with Crippen molar-refractivity contribution >= 4 is 17.3 Å². The SMILES string of the molecule is CCN(CC)c1ccc(NC(=O)c2ccn(COc3ccc(C)cc3C)n2)cc1. The maximum absolute atomic E-state index is 12.5. The number of aromatic nitrogens is 2. The molecule has 1 aromatic heterocycles. The van der Waals surface area contributed by atoms with E-state index in [4.69, 9.17) is 4.74 Å². The number of hydrogen-bond donors (Lipinski definition) is 1. The highest BCUT2D eigenvalue weighted by molar-refractivity contribution is 6.02. The van der Waals surface area contributed by atoms with Gasteiger partial charge in [-0.05, 0) is 69.7 Å². The topological polar surface area (TPSA) is 59.4 Å². The first-order valence-electron chi connectivity index (χ1n) is 9.90. The van der Waals surface area contributed by atoms with Gasteiger partial charge in [-0.15, -0.1) is 0 Å². The summed E-state index contributed by atoms with van der Waals surface area (Å²) in [5.74, 6) is 0.566. The minimum absolute atomic E-state index is 0.245. The molecular weight excluding hydrogens is 364 g/mol. The number of rotatable bonds is 8. The number of carbonyl (C=O) groups is 1. The number of aryl methyl sites for hydroxylation is 2. The second-order valence-electron chi connectivity index (χ2n) is 6.96. The molecule has 3 rings (SSSR count). The monoisotopic (exact) mass is 392 g/mol. The molecule has 0 saturated heterocycles. The Morgan fingerprint density at radius 2 is 1.79 bits per heavy atom. The van der Waals surface area contributed by atoms with Gasteiger partial charge in [0.2, 0.25) is 0 Å². The first kappa shape index (κ1) is 20.5. The second-order valence-corrected chi connectivity index (χ2v) is 6.96. The van der Waals surface area contributed by atoms with E-state index in [1.807, 2.05) is 50.2 Å². The molecule has 0 fully saturated rings. The Bertz CT molecular complexity index is 959. The Kier molecular flexibility index (Phi) is 6.54. The van der Waals surface area contributed by atoms with Crippen molar-refractivity contribution in [2.24, 2.45) is 0 Å². The normalized spacial score (nSPS) is 10.6. The molecule has 0 bridgehead atoms. The standard InChI is InChI=1S/C23H28N4O2/c1-5-26(6-2)20-10-8-19(9-11-20)24-23(28)21-13-14-27(25-21)16-29-22-12-7-17(3)15-18(22)4/h7-15H,5-6,16H2,1-4H3,(H,24,28). The van der Waals surface area contributed by atoms with Crippen LogP contribution in [0.4, 0.5) is 11.4 Å². The fraction of sp³-hybridized carbons (Fsp3) is 0.304. The highest BCUT2D eigenvalue weighted by Gasteiger charge is 2.11. The smallest absolute Gasteiger partial charge is 0.276 e. The van der Waals surface area contributed by atoms with E-state index in [0.717, 1.165) is 35.8 Å². The molecular formula is C23H28N4O2. The zero-order valence-electron chi connectivity index (χ0n) is 17.5. The molecule has 0 atom stereocenters. The van der Waals surface area contributed by atoms with Crippen molar-refractivity contribution in [2.75, 3.05) is 23.3 Å². The summed E-state index contributed by atoms with van der Waals surface area (Å²) < 4.78 is 7.42. The van der Waals surface area contributed by atoms with E-state index in [9.17, 15) is 4.79 Å². The van der Waals surface area contributed by atoms with Gasteiger partial charge in [0.1, 0.15) is 5.75 Å². The van der Waals surface area contributed by atoms with Crippen molar-refractivity contribution < 1.29 is 9.53 Å². The Balaban J connectivity index is 1.59.